The van der Waals surface area contributed by atoms with E-state index < -0.39 is 0 Å². The average molecular weight is 263 g/mol. The van der Waals surface area contributed by atoms with Gasteiger partial charge in [0.15, 0.2) is 5.82 Å². The minimum atomic E-state index is -0.116. The molecule has 0 radical (unpaired) electrons. The van der Waals surface area contributed by atoms with E-state index in [1.165, 1.54) is 12.8 Å². The number of hydrogen-bond donors (Lipinski definition) is 1. The van der Waals surface area contributed by atoms with Crippen LogP contribution >= 0.6 is 0 Å². The second-order valence-corrected chi connectivity index (χ2v) is 5.17. The van der Waals surface area contributed by atoms with Crippen LogP contribution in [0.2, 0.25) is 0 Å². The average Bonchev–Trinajstić information content (AvgIpc) is 3.30. The largest absolute Gasteiger partial charge is 0.376 e. The lowest BCUT2D eigenvalue weighted by molar-refractivity contribution is -0.0935. The van der Waals surface area contributed by atoms with Crippen LogP contribution in [-0.4, -0.2) is 36.3 Å². The minimum absolute atomic E-state index is 0.116. The van der Waals surface area contributed by atoms with Crippen molar-refractivity contribution in [3.8, 4) is 0 Å². The predicted molar refractivity (Wildman–Crippen MR) is 72.3 cm³/mol. The molecule has 1 aromatic rings. The second kappa shape index (κ2) is 5.84. The summed E-state index contributed by atoms with van der Waals surface area (Å²) in [5, 5.41) is 3.35. The van der Waals surface area contributed by atoms with Crippen molar-refractivity contribution >= 4 is 5.82 Å². The van der Waals surface area contributed by atoms with Crippen molar-refractivity contribution in [3.63, 3.8) is 0 Å². The summed E-state index contributed by atoms with van der Waals surface area (Å²) in [6.07, 6.45) is 3.45. The van der Waals surface area contributed by atoms with Gasteiger partial charge in [-0.2, -0.15) is 0 Å². The first kappa shape index (κ1) is 12.8. The second-order valence-electron chi connectivity index (χ2n) is 5.17. The van der Waals surface area contributed by atoms with Gasteiger partial charge in [0.05, 0.1) is 19.8 Å². The van der Waals surface area contributed by atoms with Gasteiger partial charge in [0.2, 0.25) is 0 Å². The molecule has 0 amide bonds. The van der Waals surface area contributed by atoms with Crippen molar-refractivity contribution in [2.75, 3.05) is 31.7 Å². The molecule has 1 saturated heterocycles. The van der Waals surface area contributed by atoms with E-state index in [1.807, 2.05) is 0 Å². The van der Waals surface area contributed by atoms with Gasteiger partial charge in [0.25, 0.3) is 0 Å². The molecule has 0 bridgehead atoms. The minimum Gasteiger partial charge on any atom is -0.376 e. The van der Waals surface area contributed by atoms with Gasteiger partial charge in [0, 0.05) is 24.2 Å². The molecule has 1 atom stereocenters. The van der Waals surface area contributed by atoms with Crippen molar-refractivity contribution in [3.05, 3.63) is 17.6 Å². The molecule has 5 heteroatoms. The Balaban J connectivity index is 1.81. The van der Waals surface area contributed by atoms with Crippen LogP contribution in [0.15, 0.2) is 6.07 Å². The molecule has 19 heavy (non-hydrogen) atoms. The van der Waals surface area contributed by atoms with Crippen molar-refractivity contribution in [2.24, 2.45) is 0 Å². The molecule has 0 aromatic carbocycles. The lowest BCUT2D eigenvalue weighted by Crippen LogP contribution is -2.24. The first-order valence-electron chi connectivity index (χ1n) is 7.19. The number of anilines is 1. The normalized spacial score (nSPS) is 23.3. The summed E-state index contributed by atoms with van der Waals surface area (Å²) in [6, 6.07) is 2.08. The Morgan fingerprint density at radius 3 is 2.89 bits per heavy atom. The van der Waals surface area contributed by atoms with Crippen LogP contribution < -0.4 is 5.32 Å². The summed E-state index contributed by atoms with van der Waals surface area (Å²) >= 11 is 0. The summed E-state index contributed by atoms with van der Waals surface area (Å²) in [4.78, 5) is 9.25. The standard InChI is InChI=1S/C14H21N3O2/c1-2-5-15-13-8-11(10-3-4-10)16-14(17-13)12-9-18-6-7-19-12/h8,10,12H,2-7,9H2,1H3,(H,15,16,17). The summed E-state index contributed by atoms with van der Waals surface area (Å²) in [5.41, 5.74) is 1.15. The maximum atomic E-state index is 5.70. The van der Waals surface area contributed by atoms with E-state index in [2.05, 4.69) is 28.3 Å². The van der Waals surface area contributed by atoms with Crippen LogP contribution in [0, 0.1) is 0 Å². The van der Waals surface area contributed by atoms with Crippen LogP contribution in [0.25, 0.3) is 0 Å². The van der Waals surface area contributed by atoms with E-state index in [1.54, 1.807) is 0 Å². The topological polar surface area (TPSA) is 56.3 Å². The maximum Gasteiger partial charge on any atom is 0.162 e. The highest BCUT2D eigenvalue weighted by Crippen LogP contribution is 2.40. The van der Waals surface area contributed by atoms with E-state index in [0.29, 0.717) is 25.7 Å². The van der Waals surface area contributed by atoms with Gasteiger partial charge in [-0.3, -0.25) is 0 Å². The monoisotopic (exact) mass is 263 g/mol. The zero-order chi connectivity index (χ0) is 13.1. The highest BCUT2D eigenvalue weighted by atomic mass is 16.6. The van der Waals surface area contributed by atoms with Gasteiger partial charge in [-0.25, -0.2) is 9.97 Å². The number of hydrogen-bond acceptors (Lipinski definition) is 5. The van der Waals surface area contributed by atoms with Crippen molar-refractivity contribution < 1.29 is 9.47 Å². The molecule has 2 aliphatic rings. The molecular formula is C14H21N3O2. The number of nitrogens with zero attached hydrogens (tertiary/aromatic N) is 2. The van der Waals surface area contributed by atoms with Gasteiger partial charge < -0.3 is 14.8 Å². The highest BCUT2D eigenvalue weighted by molar-refractivity contribution is 5.38. The molecule has 1 aromatic heterocycles. The van der Waals surface area contributed by atoms with E-state index in [4.69, 9.17) is 9.47 Å². The molecule has 1 aliphatic heterocycles. The fraction of sp³-hybridized carbons (Fsp3) is 0.714. The van der Waals surface area contributed by atoms with Crippen molar-refractivity contribution in [2.45, 2.75) is 38.2 Å². The zero-order valence-corrected chi connectivity index (χ0v) is 11.4. The summed E-state index contributed by atoms with van der Waals surface area (Å²) in [7, 11) is 0. The van der Waals surface area contributed by atoms with Crippen LogP contribution in [0.3, 0.4) is 0 Å². The molecule has 0 spiro atoms. The third kappa shape index (κ3) is 3.22. The number of nitrogens with one attached hydrogen (secondary N) is 1. The molecule has 1 N–H and O–H groups in total. The Bertz CT molecular complexity index is 429. The summed E-state index contributed by atoms with van der Waals surface area (Å²) < 4.78 is 11.1. The predicted octanol–water partition coefficient (Wildman–Crippen LogP) is 2.26. The number of rotatable bonds is 5. The van der Waals surface area contributed by atoms with Crippen LogP contribution in [-0.2, 0) is 9.47 Å². The lowest BCUT2D eigenvalue weighted by atomic mass is 10.2. The quantitative estimate of drug-likeness (QED) is 0.883. The Labute approximate surface area is 113 Å². The molecule has 5 nitrogen and oxygen atoms in total. The summed E-state index contributed by atoms with van der Waals surface area (Å²) in [5.74, 6) is 2.30. The smallest absolute Gasteiger partial charge is 0.162 e. The van der Waals surface area contributed by atoms with Gasteiger partial charge in [-0.05, 0) is 19.3 Å². The van der Waals surface area contributed by atoms with E-state index in [9.17, 15) is 0 Å². The van der Waals surface area contributed by atoms with Gasteiger partial charge >= 0.3 is 0 Å². The fourth-order valence-corrected chi connectivity index (χ4v) is 2.20. The molecule has 1 aliphatic carbocycles. The molecule has 1 unspecified atom stereocenters. The molecule has 3 rings (SSSR count). The van der Waals surface area contributed by atoms with Crippen LogP contribution in [0.5, 0.6) is 0 Å². The zero-order valence-electron chi connectivity index (χ0n) is 11.4. The van der Waals surface area contributed by atoms with Crippen molar-refractivity contribution in [1.82, 2.24) is 9.97 Å². The SMILES string of the molecule is CCCNc1cc(C2CC2)nc(C2COCCO2)n1. The van der Waals surface area contributed by atoms with Gasteiger partial charge in [0.1, 0.15) is 11.9 Å². The van der Waals surface area contributed by atoms with Crippen LogP contribution in [0.4, 0.5) is 5.82 Å². The first-order chi connectivity index (χ1) is 9.36. The third-order valence-electron chi connectivity index (χ3n) is 3.42. The van der Waals surface area contributed by atoms with Gasteiger partial charge in [-0.15, -0.1) is 0 Å². The Hall–Kier alpha value is -1.20. The number of aromatic nitrogens is 2. The first-order valence-corrected chi connectivity index (χ1v) is 7.19. The maximum absolute atomic E-state index is 5.70. The lowest BCUT2D eigenvalue weighted by Gasteiger charge is -2.22. The molecule has 2 fully saturated rings. The van der Waals surface area contributed by atoms with Gasteiger partial charge in [-0.1, -0.05) is 6.92 Å². The Kier molecular flexibility index (Phi) is 3.94. The van der Waals surface area contributed by atoms with Crippen molar-refractivity contribution in [1.29, 1.82) is 0 Å². The van der Waals surface area contributed by atoms with Crippen LogP contribution in [0.1, 0.15) is 49.7 Å². The highest BCUT2D eigenvalue weighted by Gasteiger charge is 2.28. The van der Waals surface area contributed by atoms with E-state index >= 15 is 0 Å². The number of ether oxygens (including phenoxy) is 2. The Morgan fingerprint density at radius 1 is 1.32 bits per heavy atom. The van der Waals surface area contributed by atoms with E-state index in [0.717, 1.165) is 30.3 Å². The molecule has 1 saturated carbocycles. The fourth-order valence-electron chi connectivity index (χ4n) is 2.20. The molecular weight excluding hydrogens is 242 g/mol. The van der Waals surface area contributed by atoms with E-state index in [-0.39, 0.29) is 6.10 Å². The molecule has 2 heterocycles. The summed E-state index contributed by atoms with van der Waals surface area (Å²) in [6.45, 7) is 4.93. The third-order valence-corrected chi connectivity index (χ3v) is 3.42. The Morgan fingerprint density at radius 2 is 2.21 bits per heavy atom. The molecule has 104 valence electrons.